The Kier molecular flexibility index (Phi) is 11.4. The summed E-state index contributed by atoms with van der Waals surface area (Å²) in [6.07, 6.45) is 0. The maximum Gasteiger partial charge on any atom is 0.352 e. The third-order valence-corrected chi connectivity index (χ3v) is 9.92. The number of hydrogen-bond donors (Lipinski definition) is 3. The highest BCUT2D eigenvalue weighted by molar-refractivity contribution is 8.01. The van der Waals surface area contributed by atoms with Crippen LogP contribution in [0.15, 0.2) is 65.0 Å². The maximum absolute atomic E-state index is 13.8. The van der Waals surface area contributed by atoms with Crippen LogP contribution in [0, 0.1) is 0 Å². The minimum Gasteiger partial charge on any atom is -0.477 e. The Hall–Kier alpha value is -4.65. The number of aryl methyl sites for hydroxylation is 1. The number of carbonyl (C=O) groups is 6. The number of alkyl halides is 2. The lowest BCUT2D eigenvalue weighted by Gasteiger charge is -2.49. The van der Waals surface area contributed by atoms with Crippen molar-refractivity contribution in [3.05, 3.63) is 70.9 Å². The monoisotopic (exact) mass is 749 g/mol. The van der Waals surface area contributed by atoms with Crippen molar-refractivity contribution >= 4 is 82.4 Å². The fourth-order valence-electron chi connectivity index (χ4n) is 4.83. The molecular weight excluding hydrogens is 725 g/mol. The standard InChI is InChI=1S/C29H25Cl2N7O9S2/c1-37-29(34-35-36-37)49-13-15-12-48-27-22(26(43)38(27)23(15)28(44)45)33-25(42)21(14-5-3-2-4-6-14)32-24(41)17-8-7-16(46-19(39)10-30)9-18(17)47-20(40)11-31/h2-9,21-22,27H,10-13H2,1H3,(H,32,41)(H,33,42)(H,44,45)/t21-,22?,27-/m0/s1. The Bertz CT molecular complexity index is 1840. The molecule has 0 radical (unpaired) electrons. The molecule has 1 saturated heterocycles. The van der Waals surface area contributed by atoms with Gasteiger partial charge in [-0.25, -0.2) is 9.48 Å². The summed E-state index contributed by atoms with van der Waals surface area (Å²) in [6.45, 7) is 0. The van der Waals surface area contributed by atoms with Gasteiger partial charge in [0, 0.05) is 24.6 Å². The Morgan fingerprint density at radius 2 is 1.80 bits per heavy atom. The highest BCUT2D eigenvalue weighted by Crippen LogP contribution is 2.41. The van der Waals surface area contributed by atoms with Crippen LogP contribution in [0.1, 0.15) is 22.0 Å². The number of carboxylic acids is 1. The van der Waals surface area contributed by atoms with E-state index in [1.54, 1.807) is 37.4 Å². The van der Waals surface area contributed by atoms with Crippen LogP contribution in [-0.4, -0.2) is 101 Å². The van der Waals surface area contributed by atoms with Crippen molar-refractivity contribution in [3.63, 3.8) is 0 Å². The Balaban J connectivity index is 1.35. The highest BCUT2D eigenvalue weighted by atomic mass is 35.5. The Labute approximate surface area is 295 Å². The van der Waals surface area contributed by atoms with E-state index in [-0.39, 0.29) is 34.3 Å². The number of nitrogens with one attached hydrogen (secondary N) is 2. The molecule has 2 aliphatic heterocycles. The molecule has 3 aromatic rings. The van der Waals surface area contributed by atoms with E-state index in [9.17, 15) is 33.9 Å². The van der Waals surface area contributed by atoms with Crippen LogP contribution in [0.25, 0.3) is 0 Å². The number of carbonyl (C=O) groups excluding carboxylic acids is 5. The van der Waals surface area contributed by atoms with Gasteiger partial charge < -0.3 is 25.2 Å². The summed E-state index contributed by atoms with van der Waals surface area (Å²) in [4.78, 5) is 77.8. The third-order valence-electron chi connectivity index (χ3n) is 7.05. The molecule has 1 aromatic heterocycles. The van der Waals surface area contributed by atoms with Crippen LogP contribution in [0.3, 0.4) is 0 Å². The number of β-lactam (4-membered cyclic amide) rings is 1. The summed E-state index contributed by atoms with van der Waals surface area (Å²) in [5.74, 6) is -6.16. The molecule has 3 N–H and O–H groups in total. The molecular formula is C29H25Cl2N7O9S2. The molecule has 0 bridgehead atoms. The predicted octanol–water partition coefficient (Wildman–Crippen LogP) is 1.50. The molecule has 3 heterocycles. The molecule has 16 nitrogen and oxygen atoms in total. The molecule has 3 atom stereocenters. The van der Waals surface area contributed by atoms with Gasteiger partial charge in [0.05, 0.1) is 5.56 Å². The van der Waals surface area contributed by atoms with Crippen molar-refractivity contribution in [3.8, 4) is 11.5 Å². The number of rotatable bonds is 13. The number of aliphatic carboxylic acids is 1. The number of hydrogen-bond acceptors (Lipinski definition) is 13. The molecule has 256 valence electrons. The van der Waals surface area contributed by atoms with Crippen molar-refractivity contribution in [2.45, 2.75) is 22.6 Å². The molecule has 49 heavy (non-hydrogen) atoms. The molecule has 1 unspecified atom stereocenters. The minimum absolute atomic E-state index is 0.0721. The number of fused-ring (bicyclic) bond motifs is 1. The van der Waals surface area contributed by atoms with Gasteiger partial charge in [0.25, 0.3) is 11.8 Å². The zero-order chi connectivity index (χ0) is 35.2. The van der Waals surface area contributed by atoms with E-state index in [1.165, 1.54) is 40.3 Å². The van der Waals surface area contributed by atoms with Crippen LogP contribution in [0.5, 0.6) is 11.5 Å². The first-order valence-electron chi connectivity index (χ1n) is 14.1. The molecule has 2 aromatic carbocycles. The van der Waals surface area contributed by atoms with Crippen molar-refractivity contribution in [1.29, 1.82) is 0 Å². The zero-order valence-electron chi connectivity index (χ0n) is 25.2. The van der Waals surface area contributed by atoms with Crippen molar-refractivity contribution in [1.82, 2.24) is 35.7 Å². The molecule has 20 heteroatoms. The zero-order valence-corrected chi connectivity index (χ0v) is 28.3. The number of esters is 2. The van der Waals surface area contributed by atoms with E-state index in [4.69, 9.17) is 32.7 Å². The van der Waals surface area contributed by atoms with Gasteiger partial charge in [-0.3, -0.25) is 28.9 Å². The normalized spacial score (nSPS) is 17.4. The van der Waals surface area contributed by atoms with Gasteiger partial charge in [0.15, 0.2) is 0 Å². The number of carboxylic acid groups (broad SMARTS) is 1. The van der Waals surface area contributed by atoms with E-state index >= 15 is 0 Å². The molecule has 0 spiro atoms. The van der Waals surface area contributed by atoms with Crippen LogP contribution in [0.4, 0.5) is 0 Å². The van der Waals surface area contributed by atoms with E-state index in [0.717, 1.165) is 11.0 Å². The summed E-state index contributed by atoms with van der Waals surface area (Å²) in [7, 11) is 1.64. The fourth-order valence-corrected chi connectivity index (χ4v) is 7.27. The van der Waals surface area contributed by atoms with E-state index in [1.807, 2.05) is 0 Å². The summed E-state index contributed by atoms with van der Waals surface area (Å²) in [5, 5.41) is 26.2. The average Bonchev–Trinajstić information content (AvgIpc) is 3.52. The number of amides is 3. The number of tetrazole rings is 1. The lowest BCUT2D eigenvalue weighted by molar-refractivity contribution is -0.151. The van der Waals surface area contributed by atoms with Gasteiger partial charge in [-0.1, -0.05) is 42.1 Å². The van der Waals surface area contributed by atoms with Crippen LogP contribution in [0.2, 0.25) is 0 Å². The van der Waals surface area contributed by atoms with Gasteiger partial charge in [-0.2, -0.15) is 0 Å². The quantitative estimate of drug-likeness (QED) is 0.0744. The first-order chi connectivity index (χ1) is 23.5. The lowest BCUT2D eigenvalue weighted by atomic mass is 10.0. The van der Waals surface area contributed by atoms with E-state index in [2.05, 4.69) is 26.2 Å². The van der Waals surface area contributed by atoms with E-state index < -0.39 is 64.8 Å². The largest absolute Gasteiger partial charge is 0.477 e. The Morgan fingerprint density at radius 1 is 1.08 bits per heavy atom. The first kappa shape index (κ1) is 35.7. The number of nitrogens with zero attached hydrogens (tertiary/aromatic N) is 5. The van der Waals surface area contributed by atoms with Crippen LogP contribution < -0.4 is 20.1 Å². The summed E-state index contributed by atoms with van der Waals surface area (Å²) >= 11 is 13.6. The summed E-state index contributed by atoms with van der Waals surface area (Å²) in [6, 6.07) is 9.30. The van der Waals surface area contributed by atoms with Gasteiger partial charge >= 0.3 is 17.9 Å². The SMILES string of the molecule is Cn1nnnc1SCC1=C(C(=O)O)N2C(=O)C(NC(=O)[C@@H](NC(=O)c3ccc(OC(=O)CCl)cc3OC(=O)CCl)c3ccccc3)[C@@H]2SC1. The lowest BCUT2D eigenvalue weighted by Crippen LogP contribution is -2.71. The second kappa shape index (κ2) is 15.7. The molecule has 2 aliphatic rings. The second-order valence-corrected chi connectivity index (χ2v) is 12.8. The third kappa shape index (κ3) is 7.98. The van der Waals surface area contributed by atoms with Gasteiger partial charge in [0.2, 0.25) is 11.1 Å². The Morgan fingerprint density at radius 3 is 2.45 bits per heavy atom. The van der Waals surface area contributed by atoms with Gasteiger partial charge in [0.1, 0.15) is 46.4 Å². The van der Waals surface area contributed by atoms with E-state index in [0.29, 0.717) is 16.3 Å². The topological polar surface area (TPSA) is 212 Å². The molecule has 3 amide bonds. The fraction of sp³-hybridized carbons (Fsp3) is 0.276. The highest BCUT2D eigenvalue weighted by Gasteiger charge is 2.54. The van der Waals surface area contributed by atoms with Crippen molar-refractivity contribution in [2.24, 2.45) is 7.05 Å². The predicted molar refractivity (Wildman–Crippen MR) is 175 cm³/mol. The summed E-state index contributed by atoms with van der Waals surface area (Å²) in [5.41, 5.74) is 0.465. The van der Waals surface area contributed by atoms with Crippen molar-refractivity contribution < 1.29 is 43.3 Å². The van der Waals surface area contributed by atoms with Gasteiger partial charge in [-0.05, 0) is 33.7 Å². The number of benzene rings is 2. The molecule has 1 fully saturated rings. The van der Waals surface area contributed by atoms with Crippen LogP contribution in [-0.2, 0) is 31.0 Å². The number of ether oxygens (including phenoxy) is 2. The van der Waals surface area contributed by atoms with Crippen molar-refractivity contribution in [2.75, 3.05) is 23.3 Å². The maximum atomic E-state index is 13.8. The molecule has 5 rings (SSSR count). The van der Waals surface area contributed by atoms with Crippen LogP contribution >= 0.6 is 46.7 Å². The minimum atomic E-state index is -1.35. The number of thioether (sulfide) groups is 2. The molecule has 0 saturated carbocycles. The number of aromatic nitrogens is 4. The van der Waals surface area contributed by atoms with Gasteiger partial charge in [-0.15, -0.1) is 40.1 Å². The number of halogens is 2. The summed E-state index contributed by atoms with van der Waals surface area (Å²) < 4.78 is 11.7. The molecule has 0 aliphatic carbocycles. The smallest absolute Gasteiger partial charge is 0.352 e. The second-order valence-electron chi connectivity index (χ2n) is 10.2. The average molecular weight is 751 g/mol. The first-order valence-corrected chi connectivity index (χ1v) is 17.2.